The van der Waals surface area contributed by atoms with E-state index in [1.165, 1.54) is 32.1 Å². The van der Waals surface area contributed by atoms with Gasteiger partial charge in [-0.1, -0.05) is 92.8 Å². The molecule has 0 radical (unpaired) electrons. The summed E-state index contributed by atoms with van der Waals surface area (Å²) in [6, 6.07) is 25.1. The topological polar surface area (TPSA) is 36.7 Å². The van der Waals surface area contributed by atoms with Crippen LogP contribution in [-0.2, 0) is 6.42 Å². The predicted molar refractivity (Wildman–Crippen MR) is 110 cm³/mol. The fraction of sp³-hybridized carbons (Fsp3) is 0.280. The van der Waals surface area contributed by atoms with Crippen LogP contribution in [0, 0.1) is 17.2 Å². The molecule has 0 aliphatic heterocycles. The first-order valence-corrected chi connectivity index (χ1v) is 9.90. The Balaban J connectivity index is 1.84. The summed E-state index contributed by atoms with van der Waals surface area (Å²) < 4.78 is 0. The number of nitriles is 1. The van der Waals surface area contributed by atoms with E-state index < -0.39 is 0 Å². The summed E-state index contributed by atoms with van der Waals surface area (Å²) in [4.78, 5) is 4.97. The molecule has 1 aliphatic rings. The molecule has 4 rings (SSSR count). The summed E-state index contributed by atoms with van der Waals surface area (Å²) in [5.74, 6) is 0.646. The third-order valence-electron chi connectivity index (χ3n) is 5.57. The largest absolute Gasteiger partial charge is 0.251 e. The number of aromatic nitrogens is 1. The maximum Gasteiger partial charge on any atom is 0.102 e. The molecule has 0 unspecified atom stereocenters. The van der Waals surface area contributed by atoms with Gasteiger partial charge in [-0.25, -0.2) is 0 Å². The van der Waals surface area contributed by atoms with Crippen molar-refractivity contribution in [2.24, 2.45) is 5.92 Å². The maximum atomic E-state index is 9.96. The highest BCUT2D eigenvalue weighted by Gasteiger charge is 2.20. The Hall–Kier alpha value is -2.92. The molecular weight excluding hydrogens is 328 g/mol. The van der Waals surface area contributed by atoms with Gasteiger partial charge in [0, 0.05) is 11.1 Å². The molecular formula is C25H24N2. The molecule has 1 aromatic heterocycles. The Kier molecular flexibility index (Phi) is 5.30. The third kappa shape index (κ3) is 3.93. The summed E-state index contributed by atoms with van der Waals surface area (Å²) in [5.41, 5.74) is 5.84. The summed E-state index contributed by atoms with van der Waals surface area (Å²) in [5, 5.41) is 9.96. The van der Waals surface area contributed by atoms with Crippen molar-refractivity contribution in [3.8, 4) is 28.5 Å². The highest BCUT2D eigenvalue weighted by Crippen LogP contribution is 2.33. The van der Waals surface area contributed by atoms with Gasteiger partial charge in [-0.2, -0.15) is 5.26 Å². The SMILES string of the molecule is N#Cc1c(-c2ccccc2)cc(-c2ccccc2)nc1CC1CCCCC1. The van der Waals surface area contributed by atoms with Crippen LogP contribution in [0.3, 0.4) is 0 Å². The zero-order valence-corrected chi connectivity index (χ0v) is 15.6. The number of nitrogens with zero attached hydrogens (tertiary/aromatic N) is 2. The van der Waals surface area contributed by atoms with Crippen molar-refractivity contribution in [1.82, 2.24) is 4.98 Å². The second kappa shape index (κ2) is 8.18. The Morgan fingerprint density at radius 3 is 2.11 bits per heavy atom. The zero-order chi connectivity index (χ0) is 18.5. The molecule has 0 spiro atoms. The lowest BCUT2D eigenvalue weighted by Gasteiger charge is -2.22. The molecule has 1 aliphatic carbocycles. The number of rotatable bonds is 4. The number of hydrogen-bond donors (Lipinski definition) is 0. The van der Waals surface area contributed by atoms with Crippen LogP contribution < -0.4 is 0 Å². The Labute approximate surface area is 161 Å². The molecule has 0 bridgehead atoms. The first-order valence-electron chi connectivity index (χ1n) is 9.90. The second-order valence-electron chi connectivity index (χ2n) is 7.43. The van der Waals surface area contributed by atoms with Crippen LogP contribution in [0.4, 0.5) is 0 Å². The van der Waals surface area contributed by atoms with Gasteiger partial charge in [0.15, 0.2) is 0 Å². The molecule has 0 atom stereocenters. The molecule has 2 heteroatoms. The van der Waals surface area contributed by atoms with Gasteiger partial charge < -0.3 is 0 Å². The van der Waals surface area contributed by atoms with E-state index in [4.69, 9.17) is 4.98 Å². The third-order valence-corrected chi connectivity index (χ3v) is 5.57. The number of hydrogen-bond acceptors (Lipinski definition) is 2. The smallest absolute Gasteiger partial charge is 0.102 e. The van der Waals surface area contributed by atoms with Crippen molar-refractivity contribution in [2.45, 2.75) is 38.5 Å². The van der Waals surface area contributed by atoms with Gasteiger partial charge in [0.1, 0.15) is 6.07 Å². The predicted octanol–water partition coefficient (Wildman–Crippen LogP) is 6.41. The summed E-state index contributed by atoms with van der Waals surface area (Å²) >= 11 is 0. The number of pyridine rings is 1. The van der Waals surface area contributed by atoms with E-state index in [0.717, 1.165) is 40.1 Å². The molecule has 1 heterocycles. The van der Waals surface area contributed by atoms with Crippen LogP contribution in [-0.4, -0.2) is 4.98 Å². The van der Waals surface area contributed by atoms with E-state index in [-0.39, 0.29) is 0 Å². The second-order valence-corrected chi connectivity index (χ2v) is 7.43. The fourth-order valence-electron chi connectivity index (χ4n) is 4.14. The van der Waals surface area contributed by atoms with Crippen molar-refractivity contribution in [3.05, 3.63) is 78.0 Å². The van der Waals surface area contributed by atoms with Crippen molar-refractivity contribution in [1.29, 1.82) is 5.26 Å². The van der Waals surface area contributed by atoms with E-state index in [0.29, 0.717) is 5.92 Å². The molecule has 0 N–H and O–H groups in total. The molecule has 0 saturated heterocycles. The van der Waals surface area contributed by atoms with Crippen LogP contribution >= 0.6 is 0 Å². The van der Waals surface area contributed by atoms with Crippen LogP contribution in [0.1, 0.15) is 43.4 Å². The highest BCUT2D eigenvalue weighted by molar-refractivity contribution is 5.76. The van der Waals surface area contributed by atoms with Crippen molar-refractivity contribution >= 4 is 0 Å². The van der Waals surface area contributed by atoms with E-state index in [1.807, 2.05) is 36.4 Å². The molecule has 134 valence electrons. The minimum Gasteiger partial charge on any atom is -0.251 e. The summed E-state index contributed by atoms with van der Waals surface area (Å²) in [6.07, 6.45) is 7.36. The standard InChI is InChI=1S/C25H24N2/c26-18-23-22(20-12-6-2-7-13-20)17-24(21-14-8-3-9-15-21)27-25(23)16-19-10-4-1-5-11-19/h2-3,6-9,12-15,17,19H,1,4-5,10-11,16H2. The minimum atomic E-state index is 0.646. The lowest BCUT2D eigenvalue weighted by atomic mass is 9.84. The average molecular weight is 352 g/mol. The van der Waals surface area contributed by atoms with Gasteiger partial charge >= 0.3 is 0 Å². The van der Waals surface area contributed by atoms with Crippen molar-refractivity contribution in [2.75, 3.05) is 0 Å². The Morgan fingerprint density at radius 2 is 1.48 bits per heavy atom. The highest BCUT2D eigenvalue weighted by atomic mass is 14.7. The van der Waals surface area contributed by atoms with Gasteiger partial charge in [0.2, 0.25) is 0 Å². The van der Waals surface area contributed by atoms with Crippen LogP contribution in [0.5, 0.6) is 0 Å². The fourth-order valence-corrected chi connectivity index (χ4v) is 4.14. The minimum absolute atomic E-state index is 0.646. The summed E-state index contributed by atoms with van der Waals surface area (Å²) in [7, 11) is 0. The van der Waals surface area contributed by atoms with Crippen LogP contribution in [0.2, 0.25) is 0 Å². The molecule has 27 heavy (non-hydrogen) atoms. The molecule has 1 fully saturated rings. The Bertz CT molecular complexity index is 933. The molecule has 2 nitrogen and oxygen atoms in total. The lowest BCUT2D eigenvalue weighted by Crippen LogP contribution is -2.12. The van der Waals surface area contributed by atoms with E-state index >= 15 is 0 Å². The van der Waals surface area contributed by atoms with Crippen molar-refractivity contribution < 1.29 is 0 Å². The van der Waals surface area contributed by atoms with Gasteiger partial charge in [-0.15, -0.1) is 0 Å². The average Bonchev–Trinajstić information content (AvgIpc) is 2.75. The van der Waals surface area contributed by atoms with E-state index in [2.05, 4.69) is 36.4 Å². The van der Waals surface area contributed by atoms with Gasteiger partial charge in [-0.05, 0) is 24.0 Å². The lowest BCUT2D eigenvalue weighted by molar-refractivity contribution is 0.354. The van der Waals surface area contributed by atoms with E-state index in [9.17, 15) is 5.26 Å². The zero-order valence-electron chi connectivity index (χ0n) is 15.6. The molecule has 1 saturated carbocycles. The first-order chi connectivity index (χ1) is 13.3. The van der Waals surface area contributed by atoms with Crippen molar-refractivity contribution in [3.63, 3.8) is 0 Å². The van der Waals surface area contributed by atoms with E-state index in [1.54, 1.807) is 0 Å². The number of benzene rings is 2. The first kappa shape index (κ1) is 17.5. The monoisotopic (exact) mass is 352 g/mol. The Morgan fingerprint density at radius 1 is 0.852 bits per heavy atom. The molecule has 2 aromatic carbocycles. The maximum absolute atomic E-state index is 9.96. The molecule has 0 amide bonds. The quantitative estimate of drug-likeness (QED) is 0.544. The summed E-state index contributed by atoms with van der Waals surface area (Å²) in [6.45, 7) is 0. The van der Waals surface area contributed by atoms with Crippen LogP contribution in [0.25, 0.3) is 22.4 Å². The van der Waals surface area contributed by atoms with Gasteiger partial charge in [-0.3, -0.25) is 4.98 Å². The molecule has 3 aromatic rings. The van der Waals surface area contributed by atoms with Gasteiger partial charge in [0.05, 0.1) is 17.0 Å². The normalized spacial score (nSPS) is 14.6. The van der Waals surface area contributed by atoms with Gasteiger partial charge in [0.25, 0.3) is 0 Å². The van der Waals surface area contributed by atoms with Crippen LogP contribution in [0.15, 0.2) is 66.7 Å².